The first-order valence-electron chi connectivity index (χ1n) is 6.47. The van der Waals surface area contributed by atoms with E-state index in [1.54, 1.807) is 30.3 Å². The molecular weight excluding hydrogens is 354 g/mol. The molecule has 1 aliphatic rings. The van der Waals surface area contributed by atoms with Gasteiger partial charge in [0.15, 0.2) is 5.78 Å². The van der Waals surface area contributed by atoms with Crippen LogP contribution in [0, 0.1) is 0 Å². The van der Waals surface area contributed by atoms with Gasteiger partial charge in [-0.3, -0.25) is 9.59 Å². The maximum atomic E-state index is 12.5. The topological polar surface area (TPSA) is 46.2 Å². The van der Waals surface area contributed by atoms with Crippen LogP contribution in [-0.2, 0) is 6.42 Å². The first kappa shape index (κ1) is 14.3. The first-order valence-corrected chi connectivity index (χ1v) is 7.64. The van der Waals surface area contributed by atoms with Crippen LogP contribution in [0.4, 0.5) is 0 Å². The van der Waals surface area contributed by atoms with Crippen LogP contribution in [0.2, 0.25) is 5.02 Å². The number of hydrogen-bond donors (Lipinski definition) is 1. The molecule has 0 bridgehead atoms. The van der Waals surface area contributed by atoms with Gasteiger partial charge in [-0.1, -0.05) is 23.7 Å². The minimum absolute atomic E-state index is 0.125. The van der Waals surface area contributed by atoms with Crippen LogP contribution >= 0.6 is 27.5 Å². The predicted octanol–water partition coefficient (Wildman–Crippen LogP) is 3.62. The number of ketones is 1. The number of rotatable bonds is 2. The quantitative estimate of drug-likeness (QED) is 0.827. The van der Waals surface area contributed by atoms with Crippen LogP contribution < -0.4 is 5.32 Å². The molecule has 0 saturated heterocycles. The molecule has 1 heterocycles. The highest BCUT2D eigenvalue weighted by Gasteiger charge is 2.19. The van der Waals surface area contributed by atoms with Gasteiger partial charge in [-0.25, -0.2) is 0 Å². The van der Waals surface area contributed by atoms with Gasteiger partial charge in [-0.15, -0.1) is 0 Å². The average molecular weight is 365 g/mol. The summed E-state index contributed by atoms with van der Waals surface area (Å²) >= 11 is 9.32. The average Bonchev–Trinajstić information content (AvgIpc) is 2.49. The standard InChI is InChI=1S/C16H11BrClNO2/c17-13-4-3-11(8-14(13)18)15(20)10-2-1-9-5-6-19-16(21)12(9)7-10/h1-4,7-8H,5-6H2,(H,19,21). The van der Waals surface area contributed by atoms with E-state index in [2.05, 4.69) is 21.2 Å². The van der Waals surface area contributed by atoms with Gasteiger partial charge < -0.3 is 5.32 Å². The van der Waals surface area contributed by atoms with E-state index >= 15 is 0 Å². The van der Waals surface area contributed by atoms with Gasteiger partial charge in [0.25, 0.3) is 5.91 Å². The molecule has 0 atom stereocenters. The van der Waals surface area contributed by atoms with Crippen molar-refractivity contribution in [2.45, 2.75) is 6.42 Å². The summed E-state index contributed by atoms with van der Waals surface area (Å²) in [6.07, 6.45) is 0.791. The number of carbonyl (C=O) groups is 2. The van der Waals surface area contributed by atoms with Crippen LogP contribution in [-0.4, -0.2) is 18.2 Å². The fourth-order valence-corrected chi connectivity index (χ4v) is 2.78. The molecule has 0 aromatic heterocycles. The Morgan fingerprint density at radius 1 is 1.14 bits per heavy atom. The summed E-state index contributed by atoms with van der Waals surface area (Å²) in [7, 11) is 0. The molecule has 0 aliphatic carbocycles. The molecule has 3 rings (SSSR count). The zero-order valence-corrected chi connectivity index (χ0v) is 13.3. The molecule has 1 amide bonds. The zero-order valence-electron chi connectivity index (χ0n) is 11.0. The number of nitrogens with one attached hydrogen (secondary N) is 1. The van der Waals surface area contributed by atoms with Gasteiger partial charge in [-0.2, -0.15) is 0 Å². The van der Waals surface area contributed by atoms with Crippen molar-refractivity contribution in [2.75, 3.05) is 6.54 Å². The second-order valence-corrected chi connectivity index (χ2v) is 6.10. The molecule has 0 unspecified atom stereocenters. The predicted molar refractivity (Wildman–Crippen MR) is 85.1 cm³/mol. The second-order valence-electron chi connectivity index (χ2n) is 4.84. The number of carbonyl (C=O) groups excluding carboxylic acids is 2. The lowest BCUT2D eigenvalue weighted by molar-refractivity contribution is 0.0946. The van der Waals surface area contributed by atoms with E-state index in [-0.39, 0.29) is 11.7 Å². The van der Waals surface area contributed by atoms with E-state index < -0.39 is 0 Å². The Hall–Kier alpha value is -1.65. The smallest absolute Gasteiger partial charge is 0.251 e. The Balaban J connectivity index is 2.00. The van der Waals surface area contributed by atoms with E-state index in [0.717, 1.165) is 16.5 Å². The fraction of sp³-hybridized carbons (Fsp3) is 0.125. The van der Waals surface area contributed by atoms with Crippen molar-refractivity contribution >= 4 is 39.2 Å². The summed E-state index contributed by atoms with van der Waals surface area (Å²) in [5.74, 6) is -0.273. The molecule has 106 valence electrons. The van der Waals surface area contributed by atoms with Crippen molar-refractivity contribution in [2.24, 2.45) is 0 Å². The van der Waals surface area contributed by atoms with E-state index in [1.807, 2.05) is 6.07 Å². The summed E-state index contributed by atoms with van der Waals surface area (Å²) in [6, 6.07) is 10.3. The van der Waals surface area contributed by atoms with Gasteiger partial charge in [-0.05, 0) is 52.2 Å². The van der Waals surface area contributed by atoms with E-state index in [9.17, 15) is 9.59 Å². The number of halogens is 2. The molecule has 2 aromatic rings. The maximum Gasteiger partial charge on any atom is 0.251 e. The number of benzene rings is 2. The molecule has 0 radical (unpaired) electrons. The molecule has 0 fully saturated rings. The lowest BCUT2D eigenvalue weighted by atomic mass is 9.94. The molecule has 21 heavy (non-hydrogen) atoms. The summed E-state index contributed by atoms with van der Waals surface area (Å²) in [4.78, 5) is 24.3. The van der Waals surface area contributed by atoms with Crippen molar-refractivity contribution in [3.63, 3.8) is 0 Å². The second kappa shape index (κ2) is 5.62. The minimum Gasteiger partial charge on any atom is -0.352 e. The van der Waals surface area contributed by atoms with Gasteiger partial charge >= 0.3 is 0 Å². The normalized spacial score (nSPS) is 13.5. The van der Waals surface area contributed by atoms with Crippen molar-refractivity contribution in [3.8, 4) is 0 Å². The third-order valence-corrected chi connectivity index (χ3v) is 4.71. The molecule has 3 nitrogen and oxygen atoms in total. The molecule has 1 aliphatic heterocycles. The van der Waals surface area contributed by atoms with Crippen LogP contribution in [0.5, 0.6) is 0 Å². The first-order chi connectivity index (χ1) is 10.1. The van der Waals surface area contributed by atoms with Gasteiger partial charge in [0.1, 0.15) is 0 Å². The maximum absolute atomic E-state index is 12.5. The Labute approximate surface area is 135 Å². The van der Waals surface area contributed by atoms with Crippen LogP contribution in [0.1, 0.15) is 31.8 Å². The van der Waals surface area contributed by atoms with Gasteiger partial charge in [0.05, 0.1) is 5.02 Å². The molecule has 1 N–H and O–H groups in total. The summed E-state index contributed by atoms with van der Waals surface area (Å²) in [6.45, 7) is 0.640. The van der Waals surface area contributed by atoms with E-state index in [0.29, 0.717) is 28.3 Å². The third kappa shape index (κ3) is 2.74. The molecule has 5 heteroatoms. The van der Waals surface area contributed by atoms with Gasteiger partial charge in [0, 0.05) is 27.7 Å². The highest BCUT2D eigenvalue weighted by atomic mass is 79.9. The van der Waals surface area contributed by atoms with Crippen molar-refractivity contribution in [3.05, 3.63) is 68.1 Å². The van der Waals surface area contributed by atoms with E-state index in [4.69, 9.17) is 11.6 Å². The number of amides is 1. The molecular formula is C16H11BrClNO2. The summed E-state index contributed by atoms with van der Waals surface area (Å²) < 4.78 is 0.741. The minimum atomic E-state index is -0.148. The molecule has 2 aromatic carbocycles. The highest BCUT2D eigenvalue weighted by Crippen LogP contribution is 2.25. The van der Waals surface area contributed by atoms with Crippen molar-refractivity contribution in [1.82, 2.24) is 5.32 Å². The van der Waals surface area contributed by atoms with Gasteiger partial charge in [0.2, 0.25) is 0 Å². The van der Waals surface area contributed by atoms with Crippen molar-refractivity contribution < 1.29 is 9.59 Å². The van der Waals surface area contributed by atoms with Crippen LogP contribution in [0.3, 0.4) is 0 Å². The Morgan fingerprint density at radius 3 is 2.62 bits per heavy atom. The summed E-state index contributed by atoms with van der Waals surface area (Å²) in [5.41, 5.74) is 2.54. The molecule has 0 saturated carbocycles. The zero-order chi connectivity index (χ0) is 15.0. The monoisotopic (exact) mass is 363 g/mol. The SMILES string of the molecule is O=C(c1ccc(Br)c(Cl)c1)c1ccc2c(c1)C(=O)NCC2. The summed E-state index contributed by atoms with van der Waals surface area (Å²) in [5, 5.41) is 3.27. The lowest BCUT2D eigenvalue weighted by Crippen LogP contribution is -2.32. The molecule has 0 spiro atoms. The lowest BCUT2D eigenvalue weighted by Gasteiger charge is -2.17. The largest absolute Gasteiger partial charge is 0.352 e. The third-order valence-electron chi connectivity index (χ3n) is 3.48. The van der Waals surface area contributed by atoms with Crippen molar-refractivity contribution in [1.29, 1.82) is 0 Å². The van der Waals surface area contributed by atoms with E-state index in [1.165, 1.54) is 0 Å². The Bertz CT molecular complexity index is 758. The highest BCUT2D eigenvalue weighted by molar-refractivity contribution is 9.10. The van der Waals surface area contributed by atoms with Crippen LogP contribution in [0.15, 0.2) is 40.9 Å². The fourth-order valence-electron chi connectivity index (χ4n) is 2.36. The number of hydrogen-bond acceptors (Lipinski definition) is 2. The Morgan fingerprint density at radius 2 is 1.86 bits per heavy atom. The van der Waals surface area contributed by atoms with Crippen LogP contribution in [0.25, 0.3) is 0 Å². The number of fused-ring (bicyclic) bond motifs is 1. The Kier molecular flexibility index (Phi) is 3.83.